The van der Waals surface area contributed by atoms with Gasteiger partial charge in [0.15, 0.2) is 5.82 Å². The molecule has 1 aliphatic rings. The van der Waals surface area contributed by atoms with Crippen LogP contribution in [0.4, 0.5) is 11.6 Å². The zero-order valence-corrected chi connectivity index (χ0v) is 14.8. The number of ether oxygens (including phenoxy) is 1. The molecule has 0 unspecified atom stereocenters. The standard InChI is InChI=1S/C18H25N5O2/c1-14-5-8-22(9-6-14)17-4-3-15(13-19-17)18(24)20-16-7-10-23(21-16)11-12-25-2/h3-4,7,10,13-14H,5-6,8-9,11-12H2,1-2H3,(H,20,21,24). The molecule has 0 aromatic carbocycles. The highest BCUT2D eigenvalue weighted by atomic mass is 16.5. The van der Waals surface area contributed by atoms with Gasteiger partial charge < -0.3 is 15.0 Å². The van der Waals surface area contributed by atoms with Crippen molar-refractivity contribution >= 4 is 17.5 Å². The molecule has 2 aromatic heterocycles. The van der Waals surface area contributed by atoms with E-state index in [-0.39, 0.29) is 5.91 Å². The first-order valence-corrected chi connectivity index (χ1v) is 8.70. The Morgan fingerprint density at radius 3 is 2.80 bits per heavy atom. The second kappa shape index (κ2) is 8.11. The Morgan fingerprint density at radius 2 is 2.12 bits per heavy atom. The van der Waals surface area contributed by atoms with Crippen LogP contribution in [0.5, 0.6) is 0 Å². The average molecular weight is 343 g/mol. The van der Waals surface area contributed by atoms with Crippen molar-refractivity contribution in [3.63, 3.8) is 0 Å². The second-order valence-electron chi connectivity index (χ2n) is 6.49. The van der Waals surface area contributed by atoms with Crippen LogP contribution >= 0.6 is 0 Å². The molecule has 2 aromatic rings. The first kappa shape index (κ1) is 17.4. The minimum absolute atomic E-state index is 0.205. The number of nitrogens with zero attached hydrogens (tertiary/aromatic N) is 4. The van der Waals surface area contributed by atoms with Gasteiger partial charge in [-0.3, -0.25) is 9.48 Å². The number of amides is 1. The lowest BCUT2D eigenvalue weighted by molar-refractivity contribution is 0.102. The van der Waals surface area contributed by atoms with Crippen LogP contribution in [-0.2, 0) is 11.3 Å². The molecule has 7 heteroatoms. The van der Waals surface area contributed by atoms with Gasteiger partial charge in [0.1, 0.15) is 5.82 Å². The third-order valence-electron chi connectivity index (χ3n) is 4.52. The van der Waals surface area contributed by atoms with E-state index in [0.717, 1.165) is 24.8 Å². The van der Waals surface area contributed by atoms with Crippen LogP contribution < -0.4 is 10.2 Å². The fourth-order valence-corrected chi connectivity index (χ4v) is 2.87. The highest BCUT2D eigenvalue weighted by Crippen LogP contribution is 2.21. The minimum Gasteiger partial charge on any atom is -0.383 e. The second-order valence-corrected chi connectivity index (χ2v) is 6.49. The predicted octanol–water partition coefficient (Wildman–Crippen LogP) is 2.41. The van der Waals surface area contributed by atoms with Crippen molar-refractivity contribution in [2.24, 2.45) is 5.92 Å². The molecule has 1 amide bonds. The van der Waals surface area contributed by atoms with Crippen LogP contribution in [0, 0.1) is 5.92 Å². The predicted molar refractivity (Wildman–Crippen MR) is 96.9 cm³/mol. The molecule has 3 rings (SSSR count). The summed E-state index contributed by atoms with van der Waals surface area (Å²) in [4.78, 5) is 19.1. The number of rotatable bonds is 6. The molecule has 0 atom stereocenters. The molecule has 0 spiro atoms. The van der Waals surface area contributed by atoms with Crippen molar-refractivity contribution in [2.45, 2.75) is 26.3 Å². The Balaban J connectivity index is 1.58. The number of hydrogen-bond acceptors (Lipinski definition) is 5. The maximum atomic E-state index is 12.3. The summed E-state index contributed by atoms with van der Waals surface area (Å²) in [5.74, 6) is 2.04. The average Bonchev–Trinajstić information content (AvgIpc) is 3.08. The Labute approximate surface area is 148 Å². The summed E-state index contributed by atoms with van der Waals surface area (Å²) < 4.78 is 6.75. The molecular weight excluding hydrogens is 318 g/mol. The maximum Gasteiger partial charge on any atom is 0.258 e. The lowest BCUT2D eigenvalue weighted by atomic mass is 9.99. The monoisotopic (exact) mass is 343 g/mol. The van der Waals surface area contributed by atoms with Gasteiger partial charge in [0.2, 0.25) is 0 Å². The van der Waals surface area contributed by atoms with E-state index in [4.69, 9.17) is 4.74 Å². The van der Waals surface area contributed by atoms with Crippen LogP contribution in [0.3, 0.4) is 0 Å². The molecule has 25 heavy (non-hydrogen) atoms. The Morgan fingerprint density at radius 1 is 1.32 bits per heavy atom. The Hall–Kier alpha value is -2.41. The molecule has 1 saturated heterocycles. The van der Waals surface area contributed by atoms with Gasteiger partial charge in [-0.05, 0) is 30.9 Å². The summed E-state index contributed by atoms with van der Waals surface area (Å²) in [7, 11) is 1.65. The lowest BCUT2D eigenvalue weighted by Crippen LogP contribution is -2.33. The summed E-state index contributed by atoms with van der Waals surface area (Å²) in [5.41, 5.74) is 0.528. The SMILES string of the molecule is COCCn1ccc(NC(=O)c2ccc(N3CCC(C)CC3)nc2)n1. The van der Waals surface area contributed by atoms with E-state index in [1.807, 2.05) is 18.3 Å². The Bertz CT molecular complexity index is 690. The third-order valence-corrected chi connectivity index (χ3v) is 4.52. The molecule has 0 aliphatic carbocycles. The van der Waals surface area contributed by atoms with Gasteiger partial charge in [-0.2, -0.15) is 5.10 Å². The topological polar surface area (TPSA) is 72.3 Å². The number of carbonyl (C=O) groups excluding carboxylic acids is 1. The van der Waals surface area contributed by atoms with E-state index >= 15 is 0 Å². The van der Waals surface area contributed by atoms with Gasteiger partial charge in [-0.15, -0.1) is 0 Å². The molecule has 3 heterocycles. The van der Waals surface area contributed by atoms with E-state index in [1.54, 1.807) is 24.1 Å². The molecular formula is C18H25N5O2. The zero-order valence-electron chi connectivity index (χ0n) is 14.8. The summed E-state index contributed by atoms with van der Waals surface area (Å²) in [6.07, 6.45) is 5.82. The van der Waals surface area contributed by atoms with Crippen LogP contribution in [0.1, 0.15) is 30.1 Å². The summed E-state index contributed by atoms with van der Waals surface area (Å²) in [6, 6.07) is 5.50. The van der Waals surface area contributed by atoms with E-state index in [0.29, 0.717) is 24.5 Å². The van der Waals surface area contributed by atoms with E-state index in [2.05, 4.69) is 27.2 Å². The molecule has 7 nitrogen and oxygen atoms in total. The summed E-state index contributed by atoms with van der Waals surface area (Å²) in [6.45, 7) is 5.57. The van der Waals surface area contributed by atoms with Crippen molar-refractivity contribution in [1.82, 2.24) is 14.8 Å². The highest BCUT2D eigenvalue weighted by Gasteiger charge is 2.17. The molecule has 134 valence electrons. The van der Waals surface area contributed by atoms with Gasteiger partial charge in [0, 0.05) is 38.7 Å². The van der Waals surface area contributed by atoms with Gasteiger partial charge in [0.05, 0.1) is 18.7 Å². The van der Waals surface area contributed by atoms with Gasteiger partial charge >= 0.3 is 0 Å². The van der Waals surface area contributed by atoms with Crippen molar-refractivity contribution < 1.29 is 9.53 Å². The van der Waals surface area contributed by atoms with Gasteiger partial charge in [0.25, 0.3) is 5.91 Å². The van der Waals surface area contributed by atoms with Crippen LogP contribution in [0.2, 0.25) is 0 Å². The van der Waals surface area contributed by atoms with Gasteiger partial charge in [-0.25, -0.2) is 4.98 Å². The molecule has 0 radical (unpaired) electrons. The normalized spacial score (nSPS) is 15.4. The number of hydrogen-bond donors (Lipinski definition) is 1. The van der Waals surface area contributed by atoms with Gasteiger partial charge in [-0.1, -0.05) is 6.92 Å². The smallest absolute Gasteiger partial charge is 0.258 e. The van der Waals surface area contributed by atoms with Crippen molar-refractivity contribution in [3.05, 3.63) is 36.2 Å². The first-order valence-electron chi connectivity index (χ1n) is 8.70. The zero-order chi connectivity index (χ0) is 17.6. The maximum absolute atomic E-state index is 12.3. The fraction of sp³-hybridized carbons (Fsp3) is 0.500. The number of aromatic nitrogens is 3. The van der Waals surface area contributed by atoms with Crippen molar-refractivity contribution in [2.75, 3.05) is 37.0 Å². The number of nitrogens with one attached hydrogen (secondary N) is 1. The summed E-state index contributed by atoms with van der Waals surface area (Å²) >= 11 is 0. The molecule has 1 aliphatic heterocycles. The minimum atomic E-state index is -0.205. The van der Waals surface area contributed by atoms with E-state index < -0.39 is 0 Å². The van der Waals surface area contributed by atoms with Crippen LogP contribution in [-0.4, -0.2) is 47.5 Å². The molecule has 0 saturated carbocycles. The van der Waals surface area contributed by atoms with Crippen LogP contribution in [0.15, 0.2) is 30.6 Å². The molecule has 1 fully saturated rings. The largest absolute Gasteiger partial charge is 0.383 e. The molecule has 0 bridgehead atoms. The number of anilines is 2. The van der Waals surface area contributed by atoms with E-state index in [1.165, 1.54) is 12.8 Å². The lowest BCUT2D eigenvalue weighted by Gasteiger charge is -2.31. The fourth-order valence-electron chi connectivity index (χ4n) is 2.87. The van der Waals surface area contributed by atoms with Crippen molar-refractivity contribution in [1.29, 1.82) is 0 Å². The molecule has 1 N–H and O–H groups in total. The van der Waals surface area contributed by atoms with Crippen molar-refractivity contribution in [3.8, 4) is 0 Å². The number of piperidine rings is 1. The van der Waals surface area contributed by atoms with E-state index in [9.17, 15) is 4.79 Å². The number of pyridine rings is 1. The van der Waals surface area contributed by atoms with Crippen LogP contribution in [0.25, 0.3) is 0 Å². The summed E-state index contributed by atoms with van der Waals surface area (Å²) in [5, 5.41) is 7.08. The number of methoxy groups -OCH3 is 1. The quantitative estimate of drug-likeness (QED) is 0.872. The number of carbonyl (C=O) groups is 1. The highest BCUT2D eigenvalue weighted by molar-refractivity contribution is 6.03. The first-order chi connectivity index (χ1) is 12.2. The third kappa shape index (κ3) is 4.57. The Kier molecular flexibility index (Phi) is 5.65.